The van der Waals surface area contributed by atoms with E-state index in [4.69, 9.17) is 0 Å². The van der Waals surface area contributed by atoms with Gasteiger partial charge in [-0.15, -0.1) is 0 Å². The first-order chi connectivity index (χ1) is 12.7. The molecule has 0 aliphatic carbocycles. The third-order valence-corrected chi connectivity index (χ3v) is 4.11. The van der Waals surface area contributed by atoms with Crippen molar-refractivity contribution >= 4 is 11.7 Å². The number of carbonyl (C=O) groups is 1. The smallest absolute Gasteiger partial charge is 0.225 e. The summed E-state index contributed by atoms with van der Waals surface area (Å²) in [5, 5.41) is 7.49. The van der Waals surface area contributed by atoms with Crippen LogP contribution < -0.4 is 5.32 Å². The van der Waals surface area contributed by atoms with Crippen LogP contribution >= 0.6 is 0 Å². The number of unbranched alkanes of at least 4 members (excludes halogenated alkanes) is 2. The predicted octanol–water partition coefficient (Wildman–Crippen LogP) is 5.20. The number of nitrogens with one attached hydrogen (secondary N) is 1. The van der Waals surface area contributed by atoms with Crippen LogP contribution in [0.25, 0.3) is 16.9 Å². The maximum atomic E-state index is 13.7. The van der Waals surface area contributed by atoms with Crippen LogP contribution in [-0.4, -0.2) is 15.7 Å². The Morgan fingerprint density at radius 1 is 1.08 bits per heavy atom. The van der Waals surface area contributed by atoms with Gasteiger partial charge in [0, 0.05) is 18.1 Å². The van der Waals surface area contributed by atoms with E-state index in [0.29, 0.717) is 17.9 Å². The lowest BCUT2D eigenvalue weighted by molar-refractivity contribution is -0.116. The minimum atomic E-state index is -0.348. The second-order valence-corrected chi connectivity index (χ2v) is 6.18. The highest BCUT2D eigenvalue weighted by molar-refractivity contribution is 5.90. The summed E-state index contributed by atoms with van der Waals surface area (Å²) in [4.78, 5) is 12.3. The Bertz CT molecular complexity index is 874. The van der Waals surface area contributed by atoms with E-state index in [9.17, 15) is 9.18 Å². The van der Waals surface area contributed by atoms with E-state index in [1.807, 2.05) is 36.4 Å². The Balaban J connectivity index is 1.93. The zero-order valence-corrected chi connectivity index (χ0v) is 14.8. The third-order valence-electron chi connectivity index (χ3n) is 4.11. The predicted molar refractivity (Wildman–Crippen MR) is 102 cm³/mol. The zero-order chi connectivity index (χ0) is 18.4. The molecule has 1 aromatic heterocycles. The molecule has 0 radical (unpaired) electrons. The molecule has 0 fully saturated rings. The van der Waals surface area contributed by atoms with Crippen molar-refractivity contribution in [2.24, 2.45) is 0 Å². The van der Waals surface area contributed by atoms with E-state index < -0.39 is 0 Å². The average molecular weight is 351 g/mol. The first-order valence-electron chi connectivity index (χ1n) is 8.88. The quantitative estimate of drug-likeness (QED) is 0.595. The number of anilines is 1. The van der Waals surface area contributed by atoms with Crippen molar-refractivity contribution in [3.63, 3.8) is 0 Å². The lowest BCUT2D eigenvalue weighted by atomic mass is 10.1. The minimum Gasteiger partial charge on any atom is -0.311 e. The number of carbonyl (C=O) groups excluding carboxylic acids is 1. The summed E-state index contributed by atoms with van der Waals surface area (Å²) in [6.07, 6.45) is 3.39. The van der Waals surface area contributed by atoms with Crippen LogP contribution in [0.5, 0.6) is 0 Å². The van der Waals surface area contributed by atoms with Crippen molar-refractivity contribution in [3.8, 4) is 16.9 Å². The van der Waals surface area contributed by atoms with Gasteiger partial charge < -0.3 is 5.32 Å². The number of amides is 1. The topological polar surface area (TPSA) is 46.9 Å². The van der Waals surface area contributed by atoms with Crippen LogP contribution in [0, 0.1) is 5.82 Å². The molecule has 0 atom stereocenters. The van der Waals surface area contributed by atoms with Gasteiger partial charge in [0.25, 0.3) is 0 Å². The summed E-state index contributed by atoms with van der Waals surface area (Å²) in [7, 11) is 0. The van der Waals surface area contributed by atoms with Gasteiger partial charge in [-0.2, -0.15) is 5.10 Å². The van der Waals surface area contributed by atoms with Crippen molar-refractivity contribution < 1.29 is 9.18 Å². The summed E-state index contributed by atoms with van der Waals surface area (Å²) < 4.78 is 15.2. The molecule has 1 heterocycles. The van der Waals surface area contributed by atoms with E-state index >= 15 is 0 Å². The fourth-order valence-electron chi connectivity index (χ4n) is 2.77. The molecule has 2 aromatic carbocycles. The van der Waals surface area contributed by atoms with Gasteiger partial charge in [0.15, 0.2) is 0 Å². The molecule has 26 heavy (non-hydrogen) atoms. The Morgan fingerprint density at radius 2 is 1.88 bits per heavy atom. The Hall–Kier alpha value is -2.95. The van der Waals surface area contributed by atoms with Crippen LogP contribution in [-0.2, 0) is 4.79 Å². The summed E-state index contributed by atoms with van der Waals surface area (Å²) in [5.74, 6) is 0.131. The Kier molecular flexibility index (Phi) is 5.79. The minimum absolute atomic E-state index is 0.0596. The monoisotopic (exact) mass is 351 g/mol. The van der Waals surface area contributed by atoms with Gasteiger partial charge in [0.2, 0.25) is 5.91 Å². The molecule has 3 rings (SSSR count). The van der Waals surface area contributed by atoms with Crippen LogP contribution in [0.3, 0.4) is 0 Å². The standard InChI is InChI=1S/C21H22FN3O/c1-2-3-5-13-21(26)23-20-15-19(16-9-6-4-7-10-16)24-25(20)18-12-8-11-17(22)14-18/h4,6-12,14-15H,2-3,5,13H2,1H3,(H,23,26). The van der Waals surface area contributed by atoms with Gasteiger partial charge in [-0.05, 0) is 24.6 Å². The van der Waals surface area contributed by atoms with Gasteiger partial charge >= 0.3 is 0 Å². The van der Waals surface area contributed by atoms with E-state index in [2.05, 4.69) is 17.3 Å². The normalized spacial score (nSPS) is 10.7. The number of halogens is 1. The summed E-state index contributed by atoms with van der Waals surface area (Å²) in [5.41, 5.74) is 2.22. The first-order valence-corrected chi connectivity index (χ1v) is 8.88. The summed E-state index contributed by atoms with van der Waals surface area (Å²) in [6, 6.07) is 17.7. The van der Waals surface area contributed by atoms with E-state index in [0.717, 1.165) is 30.5 Å². The number of hydrogen-bond acceptors (Lipinski definition) is 2. The number of aromatic nitrogens is 2. The van der Waals surface area contributed by atoms with Gasteiger partial charge in [0.1, 0.15) is 11.6 Å². The summed E-state index contributed by atoms with van der Waals surface area (Å²) >= 11 is 0. The number of benzene rings is 2. The summed E-state index contributed by atoms with van der Waals surface area (Å²) in [6.45, 7) is 2.10. The molecule has 0 saturated carbocycles. The van der Waals surface area contributed by atoms with Crippen molar-refractivity contribution in [2.75, 3.05) is 5.32 Å². The van der Waals surface area contributed by atoms with Crippen molar-refractivity contribution in [3.05, 3.63) is 66.5 Å². The van der Waals surface area contributed by atoms with Gasteiger partial charge in [-0.25, -0.2) is 9.07 Å². The van der Waals surface area contributed by atoms with Gasteiger partial charge in [-0.3, -0.25) is 4.79 Å². The van der Waals surface area contributed by atoms with Crippen molar-refractivity contribution in [2.45, 2.75) is 32.6 Å². The van der Waals surface area contributed by atoms with E-state index in [-0.39, 0.29) is 11.7 Å². The average Bonchev–Trinajstić information content (AvgIpc) is 3.06. The molecule has 0 bridgehead atoms. The molecule has 1 amide bonds. The lowest BCUT2D eigenvalue weighted by Crippen LogP contribution is -2.14. The fraction of sp³-hybridized carbons (Fsp3) is 0.238. The third kappa shape index (κ3) is 4.36. The molecule has 0 unspecified atom stereocenters. The molecule has 3 aromatic rings. The molecule has 5 heteroatoms. The molecule has 0 aliphatic rings. The molecular weight excluding hydrogens is 329 g/mol. The highest BCUT2D eigenvalue weighted by atomic mass is 19.1. The zero-order valence-electron chi connectivity index (χ0n) is 14.8. The van der Waals surface area contributed by atoms with E-state index in [1.165, 1.54) is 12.1 Å². The molecule has 0 spiro atoms. The maximum absolute atomic E-state index is 13.7. The molecule has 1 N–H and O–H groups in total. The number of rotatable bonds is 7. The van der Waals surface area contributed by atoms with Crippen LogP contribution in [0.15, 0.2) is 60.7 Å². The molecular formula is C21H22FN3O. The van der Waals surface area contributed by atoms with Gasteiger partial charge in [-0.1, -0.05) is 56.2 Å². The highest BCUT2D eigenvalue weighted by Gasteiger charge is 2.14. The Morgan fingerprint density at radius 3 is 2.62 bits per heavy atom. The maximum Gasteiger partial charge on any atom is 0.225 e. The molecule has 134 valence electrons. The van der Waals surface area contributed by atoms with Crippen LogP contribution in [0.4, 0.5) is 10.2 Å². The van der Waals surface area contributed by atoms with Crippen LogP contribution in [0.1, 0.15) is 32.6 Å². The Labute approximate surface area is 152 Å². The molecule has 0 saturated heterocycles. The van der Waals surface area contributed by atoms with Crippen molar-refractivity contribution in [1.29, 1.82) is 0 Å². The highest BCUT2D eigenvalue weighted by Crippen LogP contribution is 2.25. The van der Waals surface area contributed by atoms with Gasteiger partial charge in [0.05, 0.1) is 11.4 Å². The second kappa shape index (κ2) is 8.43. The molecule has 4 nitrogen and oxygen atoms in total. The van der Waals surface area contributed by atoms with Crippen molar-refractivity contribution in [1.82, 2.24) is 9.78 Å². The SMILES string of the molecule is CCCCCC(=O)Nc1cc(-c2ccccc2)nn1-c1cccc(F)c1. The molecule has 0 aliphatic heterocycles. The first kappa shape index (κ1) is 17.9. The largest absolute Gasteiger partial charge is 0.311 e. The van der Waals surface area contributed by atoms with Crippen LogP contribution in [0.2, 0.25) is 0 Å². The lowest BCUT2D eigenvalue weighted by Gasteiger charge is -2.09. The number of hydrogen-bond donors (Lipinski definition) is 1. The fourth-order valence-corrected chi connectivity index (χ4v) is 2.77. The number of nitrogens with zero attached hydrogens (tertiary/aromatic N) is 2. The van der Waals surface area contributed by atoms with E-state index in [1.54, 1.807) is 16.8 Å². The second-order valence-electron chi connectivity index (χ2n) is 6.18.